The Kier molecular flexibility index (Phi) is 4.81. The van der Waals surface area contributed by atoms with Crippen molar-refractivity contribution < 1.29 is 0 Å². The Morgan fingerprint density at radius 3 is 1.93 bits per heavy atom. The predicted octanol–water partition coefficient (Wildman–Crippen LogP) is 4.26. The molecule has 0 saturated heterocycles. The Morgan fingerprint density at radius 1 is 1.20 bits per heavy atom. The van der Waals surface area contributed by atoms with Crippen LogP contribution in [0.5, 0.6) is 0 Å². The smallest absolute Gasteiger partial charge is 0.152 e. The van der Waals surface area contributed by atoms with E-state index in [1.807, 2.05) is 0 Å². The van der Waals surface area contributed by atoms with Gasteiger partial charge in [0.1, 0.15) is 0 Å². The van der Waals surface area contributed by atoms with E-state index in [0.29, 0.717) is 5.04 Å². The van der Waals surface area contributed by atoms with Gasteiger partial charge in [-0.1, -0.05) is 46.4 Å². The monoisotopic (exact) mass is 227 g/mol. The Labute approximate surface area is 97.4 Å². The summed E-state index contributed by atoms with van der Waals surface area (Å²) in [6.07, 6.45) is 2.45. The number of hydrogen-bond acceptors (Lipinski definition) is 1. The topological polar surface area (TPSA) is 12.0 Å². The second-order valence-corrected chi connectivity index (χ2v) is 11.0. The van der Waals surface area contributed by atoms with Gasteiger partial charge in [0, 0.05) is 5.54 Å². The highest BCUT2D eigenvalue weighted by Gasteiger charge is 2.40. The summed E-state index contributed by atoms with van der Waals surface area (Å²) in [6, 6.07) is 0. The molecule has 2 heteroatoms. The van der Waals surface area contributed by atoms with Gasteiger partial charge in [-0.2, -0.15) is 0 Å². The maximum atomic E-state index is 4.04. The fraction of sp³-hybridized carbons (Fsp3) is 0.846. The first kappa shape index (κ1) is 14.9. The van der Waals surface area contributed by atoms with Crippen molar-refractivity contribution in [2.45, 2.75) is 71.5 Å². The van der Waals surface area contributed by atoms with Gasteiger partial charge in [0.2, 0.25) is 0 Å². The molecular formula is C13H29NSi. The molecule has 0 fully saturated rings. The third-order valence-electron chi connectivity index (χ3n) is 3.44. The highest BCUT2D eigenvalue weighted by atomic mass is 28.3. The fourth-order valence-electron chi connectivity index (χ4n) is 1.94. The predicted molar refractivity (Wildman–Crippen MR) is 73.7 cm³/mol. The molecule has 0 saturated carbocycles. The first-order valence-corrected chi connectivity index (χ1v) is 8.58. The minimum Gasteiger partial charge on any atom is -0.329 e. The quantitative estimate of drug-likeness (QED) is 0.692. The zero-order valence-electron chi connectivity index (χ0n) is 11.7. The summed E-state index contributed by atoms with van der Waals surface area (Å²) in [5.74, 6) is 0. The lowest BCUT2D eigenvalue weighted by Gasteiger charge is -2.44. The van der Waals surface area contributed by atoms with Crippen LogP contribution >= 0.6 is 0 Å². The lowest BCUT2D eigenvalue weighted by molar-refractivity contribution is 0.414. The molecule has 0 aliphatic heterocycles. The van der Waals surface area contributed by atoms with Crippen LogP contribution in [0.25, 0.3) is 0 Å². The first-order valence-electron chi connectivity index (χ1n) is 6.01. The van der Waals surface area contributed by atoms with Gasteiger partial charge in [-0.25, -0.2) is 0 Å². The molecule has 1 atom stereocenters. The van der Waals surface area contributed by atoms with E-state index < -0.39 is 8.24 Å². The summed E-state index contributed by atoms with van der Waals surface area (Å²) in [7, 11) is -1.58. The van der Waals surface area contributed by atoms with E-state index >= 15 is 0 Å². The molecule has 1 nitrogen and oxygen atoms in total. The Hall–Kier alpha value is -0.0831. The molecule has 0 radical (unpaired) electrons. The molecule has 0 amide bonds. The van der Waals surface area contributed by atoms with Crippen LogP contribution in [-0.4, -0.2) is 13.8 Å². The third-order valence-corrected chi connectivity index (χ3v) is 8.57. The minimum absolute atomic E-state index is 0.233. The van der Waals surface area contributed by atoms with Gasteiger partial charge in [-0.15, -0.1) is 6.58 Å². The average molecular weight is 227 g/mol. The fourth-order valence-corrected chi connectivity index (χ4v) is 4.56. The zero-order valence-corrected chi connectivity index (χ0v) is 12.7. The molecule has 0 bridgehead atoms. The van der Waals surface area contributed by atoms with Crippen LogP contribution in [0.4, 0.5) is 0 Å². The molecule has 0 spiro atoms. The van der Waals surface area contributed by atoms with Gasteiger partial charge in [-0.3, -0.25) is 0 Å². The molecule has 0 aromatic rings. The van der Waals surface area contributed by atoms with Gasteiger partial charge in [0.15, 0.2) is 8.24 Å². The molecule has 0 aliphatic rings. The SMILES string of the molecule is C=C[Si](C)(NC(C)(C)CCC)C(C)(C)C. The minimum atomic E-state index is -1.58. The molecule has 0 aromatic carbocycles. The lowest BCUT2D eigenvalue weighted by atomic mass is 10.0. The highest BCUT2D eigenvalue weighted by Crippen LogP contribution is 2.36. The number of hydrogen-bond donors (Lipinski definition) is 1. The van der Waals surface area contributed by atoms with Crippen molar-refractivity contribution in [2.24, 2.45) is 0 Å². The van der Waals surface area contributed by atoms with Gasteiger partial charge in [0.05, 0.1) is 0 Å². The zero-order chi connectivity index (χ0) is 12.3. The highest BCUT2D eigenvalue weighted by molar-refractivity contribution is 6.83. The van der Waals surface area contributed by atoms with Crippen LogP contribution in [0.1, 0.15) is 54.4 Å². The van der Waals surface area contributed by atoms with E-state index in [0.717, 1.165) is 0 Å². The van der Waals surface area contributed by atoms with Crippen LogP contribution in [-0.2, 0) is 0 Å². The number of rotatable bonds is 5. The van der Waals surface area contributed by atoms with Gasteiger partial charge in [0.25, 0.3) is 0 Å². The van der Waals surface area contributed by atoms with Crippen molar-refractivity contribution >= 4 is 8.24 Å². The van der Waals surface area contributed by atoms with Crippen LogP contribution in [0.3, 0.4) is 0 Å². The van der Waals surface area contributed by atoms with E-state index in [4.69, 9.17) is 0 Å². The number of nitrogens with one attached hydrogen (secondary N) is 1. The summed E-state index contributed by atoms with van der Waals surface area (Å²) in [5.41, 5.74) is 2.42. The molecule has 0 aromatic heterocycles. The summed E-state index contributed by atoms with van der Waals surface area (Å²) >= 11 is 0. The van der Waals surface area contributed by atoms with Crippen molar-refractivity contribution in [2.75, 3.05) is 0 Å². The molecule has 15 heavy (non-hydrogen) atoms. The second-order valence-electron chi connectivity index (χ2n) is 6.42. The summed E-state index contributed by atoms with van der Waals surface area (Å²) in [4.78, 5) is 3.88. The summed E-state index contributed by atoms with van der Waals surface area (Å²) < 4.78 is 0. The van der Waals surface area contributed by atoms with Gasteiger partial charge < -0.3 is 4.98 Å². The molecule has 1 N–H and O–H groups in total. The largest absolute Gasteiger partial charge is 0.329 e. The molecule has 1 unspecified atom stereocenters. The Balaban J connectivity index is 4.79. The van der Waals surface area contributed by atoms with E-state index in [-0.39, 0.29) is 5.54 Å². The second kappa shape index (κ2) is 4.83. The van der Waals surface area contributed by atoms with Crippen LogP contribution in [0.2, 0.25) is 11.6 Å². The van der Waals surface area contributed by atoms with E-state index in [1.165, 1.54) is 12.8 Å². The molecule has 0 heterocycles. The van der Waals surface area contributed by atoms with Gasteiger partial charge >= 0.3 is 0 Å². The molecular weight excluding hydrogens is 198 g/mol. The van der Waals surface area contributed by atoms with E-state index in [1.54, 1.807) is 0 Å². The van der Waals surface area contributed by atoms with Crippen molar-refractivity contribution in [1.82, 2.24) is 4.98 Å². The van der Waals surface area contributed by atoms with Crippen LogP contribution in [0.15, 0.2) is 12.3 Å². The van der Waals surface area contributed by atoms with Gasteiger partial charge in [-0.05, 0) is 25.3 Å². The molecule has 90 valence electrons. The van der Waals surface area contributed by atoms with Crippen molar-refractivity contribution in [3.8, 4) is 0 Å². The maximum Gasteiger partial charge on any atom is 0.152 e. The van der Waals surface area contributed by atoms with E-state index in [9.17, 15) is 0 Å². The maximum absolute atomic E-state index is 4.04. The molecule has 0 rings (SSSR count). The van der Waals surface area contributed by atoms with Crippen molar-refractivity contribution in [1.29, 1.82) is 0 Å². The standard InChI is InChI=1S/C13H29NSi/c1-9-11-13(6,7)14-15(8,10-2)12(3,4)5/h10,14H,2,9,11H2,1,3-8H3. The van der Waals surface area contributed by atoms with Crippen molar-refractivity contribution in [3.05, 3.63) is 12.3 Å². The summed E-state index contributed by atoms with van der Waals surface area (Å²) in [6.45, 7) is 20.2. The first-order chi connectivity index (χ1) is 6.58. The normalized spacial score (nSPS) is 17.3. The van der Waals surface area contributed by atoms with Crippen molar-refractivity contribution in [3.63, 3.8) is 0 Å². The summed E-state index contributed by atoms with van der Waals surface area (Å²) in [5, 5.41) is 0.319. The van der Waals surface area contributed by atoms with Crippen LogP contribution < -0.4 is 4.98 Å². The average Bonchev–Trinajstić information content (AvgIpc) is 2.00. The van der Waals surface area contributed by atoms with Crippen LogP contribution in [0, 0.1) is 0 Å². The van der Waals surface area contributed by atoms with E-state index in [2.05, 4.69) is 65.4 Å². The Bertz CT molecular complexity index is 215. The Morgan fingerprint density at radius 2 is 1.67 bits per heavy atom. The lowest BCUT2D eigenvalue weighted by Crippen LogP contribution is -2.61. The molecule has 0 aliphatic carbocycles. The third kappa shape index (κ3) is 4.11.